The van der Waals surface area contributed by atoms with E-state index in [1.807, 2.05) is 66.4 Å². The lowest BCUT2D eigenvalue weighted by Gasteiger charge is -2.38. The van der Waals surface area contributed by atoms with Crippen molar-refractivity contribution in [3.05, 3.63) is 105 Å². The number of hydrogen-bond donors (Lipinski definition) is 0. The van der Waals surface area contributed by atoms with Crippen LogP contribution in [-0.2, 0) is 14.9 Å². The van der Waals surface area contributed by atoms with E-state index in [9.17, 15) is 10.1 Å². The summed E-state index contributed by atoms with van der Waals surface area (Å²) in [5.41, 5.74) is 5.31. The summed E-state index contributed by atoms with van der Waals surface area (Å²) in [7, 11) is 1.64. The van der Waals surface area contributed by atoms with Gasteiger partial charge >= 0.3 is 0 Å². The first-order chi connectivity index (χ1) is 18.4. The molecule has 0 N–H and O–H groups in total. The van der Waals surface area contributed by atoms with Gasteiger partial charge in [-0.15, -0.1) is 11.6 Å². The molecule has 2 aromatic carbocycles. The van der Waals surface area contributed by atoms with E-state index in [1.165, 1.54) is 0 Å². The maximum Gasteiger partial charge on any atom is 0.247 e. The molecule has 2 aliphatic carbocycles. The number of carbonyl (C=O) groups excluding carboxylic acids is 1. The number of halogens is 1. The third-order valence-electron chi connectivity index (χ3n) is 7.97. The van der Waals surface area contributed by atoms with Gasteiger partial charge in [0, 0.05) is 34.5 Å². The molecular weight excluding hydrogens is 496 g/mol. The highest BCUT2D eigenvalue weighted by Gasteiger charge is 2.61. The molecule has 0 bridgehead atoms. The van der Waals surface area contributed by atoms with Gasteiger partial charge in [-0.25, -0.2) is 0 Å². The van der Waals surface area contributed by atoms with Gasteiger partial charge in [-0.2, -0.15) is 5.26 Å². The summed E-state index contributed by atoms with van der Waals surface area (Å²) in [6.45, 7) is 4.74. The largest absolute Gasteiger partial charge is 0.497 e. The Bertz CT molecular complexity index is 1530. The lowest BCUT2D eigenvalue weighted by atomic mass is 9.67. The minimum Gasteiger partial charge on any atom is -0.497 e. The van der Waals surface area contributed by atoms with Crippen molar-refractivity contribution in [2.75, 3.05) is 18.6 Å². The molecule has 1 amide bonds. The number of allylic oxidation sites excluding steroid dienone is 3. The SMILES string of the molecule is CCCCN1C(=O)C2(C(C#N)=CC3=C2C2=CC(Cl)CC=C2OC3c2cccc(OC)c2)c2cc(C)ccc21. The standard InChI is InChI=1S/C32H29ClN2O3/c1-4-5-13-35-27-11-9-19(2)14-26(27)32(31(35)36)21(18-34)16-25-29(32)24-17-22(33)10-12-28(24)38-30(25)20-7-6-8-23(15-20)37-3/h6-9,11-12,14-17,22,30H,4-5,10,13H2,1-3H3. The summed E-state index contributed by atoms with van der Waals surface area (Å²) in [4.78, 5) is 16.6. The fourth-order valence-corrected chi connectivity index (χ4v) is 6.46. The number of unbranched alkanes of at least 4 members (excludes halogenated alkanes) is 1. The van der Waals surface area contributed by atoms with Crippen molar-refractivity contribution >= 4 is 23.2 Å². The van der Waals surface area contributed by atoms with Crippen LogP contribution in [0.2, 0.25) is 0 Å². The Labute approximate surface area is 228 Å². The van der Waals surface area contributed by atoms with Crippen LogP contribution in [0.15, 0.2) is 88.7 Å². The van der Waals surface area contributed by atoms with E-state index in [1.54, 1.807) is 7.11 Å². The van der Waals surface area contributed by atoms with Crippen LogP contribution in [0.3, 0.4) is 0 Å². The number of nitriles is 1. The van der Waals surface area contributed by atoms with Crippen LogP contribution >= 0.6 is 11.6 Å². The molecule has 3 atom stereocenters. The second-order valence-corrected chi connectivity index (χ2v) is 10.8. The number of carbonyl (C=O) groups is 1. The number of benzene rings is 2. The number of ether oxygens (including phenoxy) is 2. The highest BCUT2D eigenvalue weighted by atomic mass is 35.5. The molecule has 0 fully saturated rings. The zero-order valence-corrected chi connectivity index (χ0v) is 22.5. The summed E-state index contributed by atoms with van der Waals surface area (Å²) in [5.74, 6) is 1.34. The highest BCUT2D eigenvalue weighted by Crippen LogP contribution is 2.61. The van der Waals surface area contributed by atoms with Crippen LogP contribution in [0.1, 0.15) is 49.0 Å². The van der Waals surface area contributed by atoms with E-state index in [0.29, 0.717) is 30.0 Å². The van der Waals surface area contributed by atoms with E-state index in [2.05, 4.69) is 19.1 Å². The van der Waals surface area contributed by atoms with Crippen molar-refractivity contribution in [3.63, 3.8) is 0 Å². The first-order valence-corrected chi connectivity index (χ1v) is 13.5. The van der Waals surface area contributed by atoms with Gasteiger partial charge in [0.1, 0.15) is 23.0 Å². The van der Waals surface area contributed by atoms with Gasteiger partial charge in [0.15, 0.2) is 0 Å². The van der Waals surface area contributed by atoms with Gasteiger partial charge in [-0.3, -0.25) is 4.79 Å². The fourth-order valence-electron chi connectivity index (χ4n) is 6.24. The Hall–Kier alpha value is -3.75. The number of rotatable bonds is 5. The maximum absolute atomic E-state index is 14.7. The average Bonchev–Trinajstić information content (AvgIpc) is 3.40. The van der Waals surface area contributed by atoms with Gasteiger partial charge in [-0.1, -0.05) is 49.2 Å². The number of alkyl halides is 1. The molecule has 6 heteroatoms. The quantitative estimate of drug-likeness (QED) is 0.406. The molecule has 0 aromatic heterocycles. The van der Waals surface area contributed by atoms with Crippen LogP contribution in [0, 0.1) is 18.3 Å². The monoisotopic (exact) mass is 524 g/mol. The topological polar surface area (TPSA) is 62.6 Å². The molecule has 0 saturated heterocycles. The lowest BCUT2D eigenvalue weighted by molar-refractivity contribution is -0.120. The molecule has 2 heterocycles. The molecule has 2 aromatic rings. The molecule has 2 aliphatic heterocycles. The van der Waals surface area contributed by atoms with Crippen molar-refractivity contribution < 1.29 is 14.3 Å². The number of methoxy groups -OCH3 is 1. The van der Waals surface area contributed by atoms with E-state index in [4.69, 9.17) is 21.1 Å². The highest BCUT2D eigenvalue weighted by molar-refractivity contribution is 6.22. The Morgan fingerprint density at radius 2 is 2.11 bits per heavy atom. The Morgan fingerprint density at radius 3 is 2.87 bits per heavy atom. The van der Waals surface area contributed by atoms with Crippen LogP contribution in [0.4, 0.5) is 5.69 Å². The minimum atomic E-state index is -1.24. The van der Waals surface area contributed by atoms with Crippen LogP contribution in [0.25, 0.3) is 0 Å². The fraction of sp³-hybridized carbons (Fsp3) is 0.312. The minimum absolute atomic E-state index is 0.0763. The number of aryl methyl sites for hydroxylation is 1. The van der Waals surface area contributed by atoms with Crippen molar-refractivity contribution in [1.29, 1.82) is 5.26 Å². The molecule has 4 aliphatic rings. The summed E-state index contributed by atoms with van der Waals surface area (Å²) < 4.78 is 12.1. The van der Waals surface area contributed by atoms with E-state index in [-0.39, 0.29) is 11.3 Å². The van der Waals surface area contributed by atoms with Gasteiger partial charge in [0.05, 0.1) is 24.1 Å². The summed E-state index contributed by atoms with van der Waals surface area (Å²) in [6, 6.07) is 16.3. The Morgan fingerprint density at radius 1 is 1.26 bits per heavy atom. The molecule has 0 saturated carbocycles. The van der Waals surface area contributed by atoms with E-state index >= 15 is 0 Å². The maximum atomic E-state index is 14.7. The van der Waals surface area contributed by atoms with Crippen molar-refractivity contribution in [3.8, 4) is 11.8 Å². The number of amides is 1. The van der Waals surface area contributed by atoms with Crippen LogP contribution in [0.5, 0.6) is 5.75 Å². The number of anilines is 1. The predicted octanol–water partition coefficient (Wildman–Crippen LogP) is 6.74. The summed E-state index contributed by atoms with van der Waals surface area (Å²) >= 11 is 6.65. The molecule has 1 spiro atoms. The van der Waals surface area contributed by atoms with Gasteiger partial charge in [0.2, 0.25) is 5.91 Å². The zero-order valence-electron chi connectivity index (χ0n) is 21.8. The first-order valence-electron chi connectivity index (χ1n) is 13.1. The van der Waals surface area contributed by atoms with Gasteiger partial charge in [0.25, 0.3) is 0 Å². The third-order valence-corrected chi connectivity index (χ3v) is 8.27. The van der Waals surface area contributed by atoms with Crippen molar-refractivity contribution in [1.82, 2.24) is 0 Å². The summed E-state index contributed by atoms with van der Waals surface area (Å²) in [6.07, 6.45) is 7.84. The lowest BCUT2D eigenvalue weighted by Crippen LogP contribution is -2.44. The molecular formula is C32H29ClN2O3. The average molecular weight is 525 g/mol. The Kier molecular flexibility index (Phi) is 5.96. The normalized spacial score (nSPS) is 25.2. The molecule has 3 unspecified atom stereocenters. The van der Waals surface area contributed by atoms with Gasteiger partial charge < -0.3 is 14.4 Å². The van der Waals surface area contributed by atoms with E-state index < -0.39 is 11.5 Å². The second kappa shape index (κ2) is 9.22. The molecule has 38 heavy (non-hydrogen) atoms. The number of fused-ring (bicyclic) bond motifs is 5. The molecule has 192 valence electrons. The zero-order chi connectivity index (χ0) is 26.6. The molecule has 0 radical (unpaired) electrons. The summed E-state index contributed by atoms with van der Waals surface area (Å²) in [5, 5.41) is 10.3. The smallest absolute Gasteiger partial charge is 0.247 e. The molecule has 6 rings (SSSR count). The van der Waals surface area contributed by atoms with Crippen molar-refractivity contribution in [2.24, 2.45) is 0 Å². The van der Waals surface area contributed by atoms with E-state index in [0.717, 1.165) is 51.9 Å². The number of nitrogens with zero attached hydrogens (tertiary/aromatic N) is 2. The third kappa shape index (κ3) is 3.40. The number of hydrogen-bond acceptors (Lipinski definition) is 4. The second-order valence-electron chi connectivity index (χ2n) is 10.3. The van der Waals surface area contributed by atoms with Crippen molar-refractivity contribution in [2.45, 2.75) is 50.0 Å². The molecule has 5 nitrogen and oxygen atoms in total. The Balaban J connectivity index is 1.66. The van der Waals surface area contributed by atoms with Gasteiger partial charge in [-0.05, 0) is 55.7 Å². The van der Waals surface area contributed by atoms with Crippen LogP contribution < -0.4 is 9.64 Å². The van der Waals surface area contributed by atoms with Crippen LogP contribution in [-0.4, -0.2) is 24.9 Å². The first kappa shape index (κ1) is 24.6. The predicted molar refractivity (Wildman–Crippen MR) is 148 cm³/mol.